The number of guanidine groups is 1. The molecule has 1 heterocycles. The standard InChI is InChI=1S/C25H37N5O/c1-4-29-14-16-30(17-15-29)20-23-12-7-6-10-21(23)18-27-25(26-3)28-19-22-11-8-9-13-24(22)31-5-2/h6-13H,4-5,14-20H2,1-3H3,(H2,26,27,28). The first-order valence-electron chi connectivity index (χ1n) is 11.4. The molecule has 1 saturated heterocycles. The van der Waals surface area contributed by atoms with Crippen LogP contribution in [0.1, 0.15) is 30.5 Å². The lowest BCUT2D eigenvalue weighted by molar-refractivity contribution is 0.131. The Labute approximate surface area is 187 Å². The van der Waals surface area contributed by atoms with Crippen LogP contribution in [0.2, 0.25) is 0 Å². The van der Waals surface area contributed by atoms with E-state index in [0.717, 1.165) is 63.1 Å². The number of piperazine rings is 1. The average molecular weight is 424 g/mol. The van der Waals surface area contributed by atoms with E-state index in [4.69, 9.17) is 4.74 Å². The van der Waals surface area contributed by atoms with Gasteiger partial charge in [-0.15, -0.1) is 0 Å². The van der Waals surface area contributed by atoms with E-state index in [2.05, 4.69) is 62.7 Å². The van der Waals surface area contributed by atoms with Gasteiger partial charge in [-0.3, -0.25) is 9.89 Å². The summed E-state index contributed by atoms with van der Waals surface area (Å²) in [4.78, 5) is 9.47. The third kappa shape index (κ3) is 6.97. The molecule has 6 nitrogen and oxygen atoms in total. The highest BCUT2D eigenvalue weighted by Crippen LogP contribution is 2.17. The highest BCUT2D eigenvalue weighted by Gasteiger charge is 2.16. The SMILES string of the molecule is CCOc1ccccc1CNC(=NC)NCc1ccccc1CN1CCN(CC)CC1. The molecule has 168 valence electrons. The van der Waals surface area contributed by atoms with Crippen LogP contribution in [-0.4, -0.2) is 62.1 Å². The molecule has 3 rings (SSSR count). The maximum atomic E-state index is 5.73. The number of hydrogen-bond donors (Lipinski definition) is 2. The molecule has 0 bridgehead atoms. The maximum absolute atomic E-state index is 5.73. The quantitative estimate of drug-likeness (QED) is 0.480. The number of para-hydroxylation sites is 1. The zero-order valence-corrected chi connectivity index (χ0v) is 19.2. The van der Waals surface area contributed by atoms with Crippen LogP contribution >= 0.6 is 0 Å². The van der Waals surface area contributed by atoms with E-state index in [1.807, 2.05) is 32.2 Å². The molecule has 1 aliphatic heterocycles. The van der Waals surface area contributed by atoms with E-state index in [0.29, 0.717) is 13.2 Å². The minimum Gasteiger partial charge on any atom is -0.494 e. The van der Waals surface area contributed by atoms with Gasteiger partial charge < -0.3 is 20.3 Å². The Kier molecular flexibility index (Phi) is 9.18. The Morgan fingerprint density at radius 1 is 0.839 bits per heavy atom. The molecule has 2 N–H and O–H groups in total. The first-order chi connectivity index (χ1) is 15.2. The number of benzene rings is 2. The summed E-state index contributed by atoms with van der Waals surface area (Å²) in [5.74, 6) is 1.71. The van der Waals surface area contributed by atoms with Gasteiger partial charge in [-0.05, 0) is 30.7 Å². The molecule has 2 aromatic carbocycles. The Balaban J connectivity index is 1.54. The summed E-state index contributed by atoms with van der Waals surface area (Å²) >= 11 is 0. The van der Waals surface area contributed by atoms with Crippen LogP contribution < -0.4 is 15.4 Å². The van der Waals surface area contributed by atoms with Crippen molar-refractivity contribution in [3.8, 4) is 5.75 Å². The highest BCUT2D eigenvalue weighted by molar-refractivity contribution is 5.79. The van der Waals surface area contributed by atoms with Crippen molar-refractivity contribution in [1.82, 2.24) is 20.4 Å². The number of nitrogens with one attached hydrogen (secondary N) is 2. The molecule has 0 saturated carbocycles. The maximum Gasteiger partial charge on any atom is 0.191 e. The number of hydrogen-bond acceptors (Lipinski definition) is 4. The number of nitrogens with zero attached hydrogens (tertiary/aromatic N) is 3. The molecule has 0 radical (unpaired) electrons. The molecule has 0 spiro atoms. The fraction of sp³-hybridized carbons (Fsp3) is 0.480. The summed E-state index contributed by atoms with van der Waals surface area (Å²) in [5.41, 5.74) is 3.83. The molecule has 1 aliphatic rings. The van der Waals surface area contributed by atoms with Crippen LogP contribution in [0.4, 0.5) is 0 Å². The second-order valence-electron chi connectivity index (χ2n) is 7.80. The number of likely N-dealkylation sites (N-methyl/N-ethyl adjacent to an activating group) is 1. The number of aliphatic imine (C=N–C) groups is 1. The molecule has 0 unspecified atom stereocenters. The van der Waals surface area contributed by atoms with Gasteiger partial charge in [0.1, 0.15) is 5.75 Å². The van der Waals surface area contributed by atoms with Crippen molar-refractivity contribution in [2.45, 2.75) is 33.5 Å². The van der Waals surface area contributed by atoms with Crippen molar-refractivity contribution in [2.75, 3.05) is 46.4 Å². The molecule has 0 atom stereocenters. The highest BCUT2D eigenvalue weighted by atomic mass is 16.5. The molecule has 31 heavy (non-hydrogen) atoms. The van der Waals surface area contributed by atoms with E-state index in [-0.39, 0.29) is 0 Å². The van der Waals surface area contributed by atoms with Crippen LogP contribution in [0.25, 0.3) is 0 Å². The molecule has 6 heteroatoms. The normalized spacial score (nSPS) is 15.6. The second kappa shape index (κ2) is 12.3. The zero-order valence-electron chi connectivity index (χ0n) is 19.2. The summed E-state index contributed by atoms with van der Waals surface area (Å²) in [6, 6.07) is 16.8. The van der Waals surface area contributed by atoms with Gasteiger partial charge in [0.15, 0.2) is 5.96 Å². The second-order valence-corrected chi connectivity index (χ2v) is 7.80. The predicted molar refractivity (Wildman–Crippen MR) is 128 cm³/mol. The van der Waals surface area contributed by atoms with Crippen LogP contribution in [0.3, 0.4) is 0 Å². The van der Waals surface area contributed by atoms with E-state index in [1.54, 1.807) is 0 Å². The van der Waals surface area contributed by atoms with Crippen LogP contribution in [0, 0.1) is 0 Å². The number of ether oxygens (including phenoxy) is 1. The van der Waals surface area contributed by atoms with Gasteiger partial charge in [0.2, 0.25) is 0 Å². The molecule has 0 aliphatic carbocycles. The third-order valence-electron chi connectivity index (χ3n) is 5.81. The lowest BCUT2D eigenvalue weighted by Gasteiger charge is -2.34. The first-order valence-corrected chi connectivity index (χ1v) is 11.4. The summed E-state index contributed by atoms with van der Waals surface area (Å²) in [6.07, 6.45) is 0. The topological polar surface area (TPSA) is 52.1 Å². The van der Waals surface area contributed by atoms with Crippen LogP contribution in [0.5, 0.6) is 5.75 Å². The van der Waals surface area contributed by atoms with E-state index in [9.17, 15) is 0 Å². The predicted octanol–water partition coefficient (Wildman–Crippen LogP) is 3.09. The van der Waals surface area contributed by atoms with Gasteiger partial charge in [-0.1, -0.05) is 49.4 Å². The molecular weight excluding hydrogens is 386 g/mol. The van der Waals surface area contributed by atoms with Crippen molar-refractivity contribution in [3.05, 3.63) is 65.2 Å². The van der Waals surface area contributed by atoms with E-state index in [1.165, 1.54) is 11.1 Å². The van der Waals surface area contributed by atoms with Crippen molar-refractivity contribution >= 4 is 5.96 Å². The Morgan fingerprint density at radius 2 is 1.42 bits per heavy atom. The Bertz CT molecular complexity index is 830. The third-order valence-corrected chi connectivity index (χ3v) is 5.81. The van der Waals surface area contributed by atoms with E-state index < -0.39 is 0 Å². The monoisotopic (exact) mass is 423 g/mol. The molecule has 2 aromatic rings. The van der Waals surface area contributed by atoms with Crippen LogP contribution in [0.15, 0.2) is 53.5 Å². The smallest absolute Gasteiger partial charge is 0.191 e. The van der Waals surface area contributed by atoms with Gasteiger partial charge >= 0.3 is 0 Å². The Hall–Kier alpha value is -2.57. The van der Waals surface area contributed by atoms with Gasteiger partial charge in [0.25, 0.3) is 0 Å². The largest absolute Gasteiger partial charge is 0.494 e. The summed E-state index contributed by atoms with van der Waals surface area (Å²) in [7, 11) is 1.81. The lowest BCUT2D eigenvalue weighted by atomic mass is 10.1. The first kappa shape index (κ1) is 23.1. The van der Waals surface area contributed by atoms with Crippen molar-refractivity contribution in [2.24, 2.45) is 4.99 Å². The Morgan fingerprint density at radius 3 is 2.06 bits per heavy atom. The van der Waals surface area contributed by atoms with Gasteiger partial charge in [-0.2, -0.15) is 0 Å². The van der Waals surface area contributed by atoms with Crippen LogP contribution in [-0.2, 0) is 19.6 Å². The van der Waals surface area contributed by atoms with Crippen molar-refractivity contribution < 1.29 is 4.74 Å². The molecule has 0 amide bonds. The van der Waals surface area contributed by atoms with Gasteiger partial charge in [0.05, 0.1) is 6.61 Å². The van der Waals surface area contributed by atoms with E-state index >= 15 is 0 Å². The summed E-state index contributed by atoms with van der Waals surface area (Å²) < 4.78 is 5.73. The van der Waals surface area contributed by atoms with Crippen molar-refractivity contribution in [1.29, 1.82) is 0 Å². The molecule has 0 aromatic heterocycles. The summed E-state index contributed by atoms with van der Waals surface area (Å²) in [6.45, 7) is 13.1. The van der Waals surface area contributed by atoms with Gasteiger partial charge in [0, 0.05) is 58.4 Å². The fourth-order valence-corrected chi connectivity index (χ4v) is 3.91. The van der Waals surface area contributed by atoms with Crippen molar-refractivity contribution in [3.63, 3.8) is 0 Å². The van der Waals surface area contributed by atoms with Gasteiger partial charge in [-0.25, -0.2) is 0 Å². The fourth-order valence-electron chi connectivity index (χ4n) is 3.91. The molecular formula is C25H37N5O. The minimum atomic E-state index is 0.661. The lowest BCUT2D eigenvalue weighted by Crippen LogP contribution is -2.45. The zero-order chi connectivity index (χ0) is 21.9. The molecule has 1 fully saturated rings. The number of rotatable bonds is 9. The summed E-state index contributed by atoms with van der Waals surface area (Å²) in [5, 5.41) is 6.88. The minimum absolute atomic E-state index is 0.661. The average Bonchev–Trinajstić information content (AvgIpc) is 2.81.